The van der Waals surface area contributed by atoms with Gasteiger partial charge in [0.2, 0.25) is 0 Å². The number of ether oxygens (including phenoxy) is 1. The van der Waals surface area contributed by atoms with Crippen LogP contribution in [0, 0.1) is 17.5 Å². The van der Waals surface area contributed by atoms with Crippen LogP contribution in [0.15, 0.2) is 30.5 Å². The van der Waals surface area contributed by atoms with Gasteiger partial charge in [-0.1, -0.05) is 13.8 Å². The Morgan fingerprint density at radius 3 is 2.59 bits per heavy atom. The molecule has 0 aliphatic heterocycles. The van der Waals surface area contributed by atoms with E-state index in [2.05, 4.69) is 10.2 Å². The predicted molar refractivity (Wildman–Crippen MR) is 123 cm³/mol. The highest BCUT2D eigenvalue weighted by molar-refractivity contribution is 5.99. The average molecular weight is 473 g/mol. The second-order valence-corrected chi connectivity index (χ2v) is 8.72. The molecule has 2 aromatic heterocycles. The fourth-order valence-corrected chi connectivity index (χ4v) is 4.72. The molecular formula is C25H26F3N3O3. The molecule has 0 aliphatic rings. The second kappa shape index (κ2) is 9.50. The number of fused-ring (bicyclic) bond motifs is 2. The maximum atomic E-state index is 16.0. The average Bonchev–Trinajstić information content (AvgIpc) is 3.39. The van der Waals surface area contributed by atoms with Crippen LogP contribution < -0.4 is 0 Å². The first-order valence-corrected chi connectivity index (χ1v) is 11.1. The van der Waals surface area contributed by atoms with Gasteiger partial charge in [-0.05, 0) is 48.4 Å². The molecule has 2 heterocycles. The van der Waals surface area contributed by atoms with Crippen molar-refractivity contribution in [3.8, 4) is 5.69 Å². The quantitative estimate of drug-likeness (QED) is 0.311. The van der Waals surface area contributed by atoms with E-state index in [-0.39, 0.29) is 30.2 Å². The Balaban J connectivity index is 2.11. The molecule has 6 nitrogen and oxygen atoms in total. The zero-order chi connectivity index (χ0) is 24.6. The van der Waals surface area contributed by atoms with Crippen LogP contribution in [-0.4, -0.2) is 39.6 Å². The van der Waals surface area contributed by atoms with Crippen LogP contribution in [0.5, 0.6) is 0 Å². The van der Waals surface area contributed by atoms with E-state index in [4.69, 9.17) is 4.74 Å². The van der Waals surface area contributed by atoms with Gasteiger partial charge in [0.05, 0.1) is 11.7 Å². The topological polar surface area (TPSA) is 80.1 Å². The number of hydrogen-bond acceptors (Lipinski definition) is 3. The third-order valence-electron chi connectivity index (χ3n) is 6.18. The van der Waals surface area contributed by atoms with Gasteiger partial charge >= 0.3 is 5.97 Å². The lowest BCUT2D eigenvalue weighted by molar-refractivity contribution is -0.137. The van der Waals surface area contributed by atoms with Crippen LogP contribution in [0.1, 0.15) is 56.2 Å². The summed E-state index contributed by atoms with van der Waals surface area (Å²) in [5.41, 5.74) is 2.43. The summed E-state index contributed by atoms with van der Waals surface area (Å²) in [5, 5.41) is 16.8. The van der Waals surface area contributed by atoms with E-state index in [1.165, 1.54) is 12.3 Å². The maximum absolute atomic E-state index is 16.0. The predicted octanol–water partition coefficient (Wildman–Crippen LogP) is 6.03. The van der Waals surface area contributed by atoms with Gasteiger partial charge in [-0.2, -0.15) is 5.10 Å². The van der Waals surface area contributed by atoms with Crippen molar-refractivity contribution < 1.29 is 27.8 Å². The van der Waals surface area contributed by atoms with E-state index in [0.717, 1.165) is 12.1 Å². The molecule has 0 saturated carbocycles. The summed E-state index contributed by atoms with van der Waals surface area (Å²) < 4.78 is 51.0. The number of methoxy groups -OCH3 is 1. The highest BCUT2D eigenvalue weighted by Gasteiger charge is 2.30. The van der Waals surface area contributed by atoms with E-state index >= 15 is 4.39 Å². The fraction of sp³-hybridized carbons (Fsp3) is 0.360. The third kappa shape index (κ3) is 4.16. The number of aromatic nitrogens is 3. The highest BCUT2D eigenvalue weighted by atomic mass is 19.2. The molecule has 4 rings (SSSR count). The molecule has 0 saturated heterocycles. The summed E-state index contributed by atoms with van der Waals surface area (Å²) in [5.74, 6) is -3.93. The van der Waals surface area contributed by atoms with Crippen molar-refractivity contribution in [1.82, 2.24) is 14.8 Å². The van der Waals surface area contributed by atoms with E-state index in [1.807, 2.05) is 13.8 Å². The van der Waals surface area contributed by atoms with Crippen molar-refractivity contribution in [1.29, 1.82) is 0 Å². The number of H-pyrrole nitrogens is 1. The van der Waals surface area contributed by atoms with Crippen LogP contribution >= 0.6 is 0 Å². The van der Waals surface area contributed by atoms with Gasteiger partial charge in [0.15, 0.2) is 17.5 Å². The van der Waals surface area contributed by atoms with E-state index < -0.39 is 23.4 Å². The smallest absolute Gasteiger partial charge is 0.303 e. The molecule has 34 heavy (non-hydrogen) atoms. The molecule has 0 bridgehead atoms. The SMILES string of the molecule is COCC[C@H](CCC(=O)O)c1c(C(C)C)n(-c2ccc(F)c(F)c2)c2cc3cn[nH]c3c(F)c12. The van der Waals surface area contributed by atoms with E-state index in [0.29, 0.717) is 46.3 Å². The summed E-state index contributed by atoms with van der Waals surface area (Å²) in [6.07, 6.45) is 2.15. The van der Waals surface area contributed by atoms with Gasteiger partial charge in [-0.3, -0.25) is 9.89 Å². The first-order valence-electron chi connectivity index (χ1n) is 11.1. The fourth-order valence-electron chi connectivity index (χ4n) is 4.72. The summed E-state index contributed by atoms with van der Waals surface area (Å²) in [6, 6.07) is 5.34. The van der Waals surface area contributed by atoms with Gasteiger partial charge in [0, 0.05) is 48.4 Å². The first kappa shape index (κ1) is 23.8. The number of carboxylic acid groups (broad SMARTS) is 1. The van der Waals surface area contributed by atoms with Crippen molar-refractivity contribution in [2.24, 2.45) is 0 Å². The summed E-state index contributed by atoms with van der Waals surface area (Å²) in [4.78, 5) is 11.4. The number of carboxylic acids is 1. The molecule has 4 aromatic rings. The zero-order valence-electron chi connectivity index (χ0n) is 19.2. The van der Waals surface area contributed by atoms with Crippen LogP contribution in [0.4, 0.5) is 13.2 Å². The molecule has 2 N–H and O–H groups in total. The molecule has 2 aromatic carbocycles. The number of benzene rings is 2. The van der Waals surface area contributed by atoms with Crippen LogP contribution in [0.3, 0.4) is 0 Å². The minimum Gasteiger partial charge on any atom is -0.481 e. The minimum atomic E-state index is -1.01. The molecular weight excluding hydrogens is 447 g/mol. The standard InChI is InChI=1S/C25H26F3N3O3/c1-13(2)25-21(14(8-9-34-3)4-7-20(32)33)22-19(10-15-12-29-30-24(15)23(22)28)31(25)16-5-6-17(26)18(27)11-16/h5-6,10-14H,4,7-9H2,1-3H3,(H,29,30)(H,32,33)/t14-/m0/s1. The normalized spacial score (nSPS) is 12.8. The molecule has 0 amide bonds. The number of nitrogens with zero attached hydrogens (tertiary/aromatic N) is 2. The molecule has 0 fully saturated rings. The Bertz CT molecular complexity index is 1360. The Kier molecular flexibility index (Phi) is 6.65. The second-order valence-electron chi connectivity index (χ2n) is 8.72. The lowest BCUT2D eigenvalue weighted by atomic mass is 9.86. The lowest BCUT2D eigenvalue weighted by Crippen LogP contribution is -2.11. The van der Waals surface area contributed by atoms with Gasteiger partial charge in [0.1, 0.15) is 5.52 Å². The van der Waals surface area contributed by atoms with Gasteiger partial charge in [0.25, 0.3) is 0 Å². The molecule has 0 aliphatic carbocycles. The van der Waals surface area contributed by atoms with Crippen LogP contribution in [-0.2, 0) is 9.53 Å². The number of nitrogens with one attached hydrogen (secondary N) is 1. The number of halogens is 3. The summed E-state index contributed by atoms with van der Waals surface area (Å²) in [7, 11) is 1.55. The maximum Gasteiger partial charge on any atom is 0.303 e. The van der Waals surface area contributed by atoms with Crippen LogP contribution in [0.25, 0.3) is 27.5 Å². The highest BCUT2D eigenvalue weighted by Crippen LogP contribution is 2.44. The van der Waals surface area contributed by atoms with Crippen molar-refractivity contribution in [3.63, 3.8) is 0 Å². The van der Waals surface area contributed by atoms with Gasteiger partial charge in [-0.25, -0.2) is 13.2 Å². The molecule has 9 heteroatoms. The van der Waals surface area contributed by atoms with Crippen molar-refractivity contribution in [2.45, 2.75) is 44.9 Å². The summed E-state index contributed by atoms with van der Waals surface area (Å²) in [6.45, 7) is 4.22. The molecule has 0 spiro atoms. The number of aliphatic carboxylic acids is 1. The molecule has 1 atom stereocenters. The third-order valence-corrected chi connectivity index (χ3v) is 6.18. The number of carbonyl (C=O) groups is 1. The monoisotopic (exact) mass is 473 g/mol. The van der Waals surface area contributed by atoms with Crippen LogP contribution in [0.2, 0.25) is 0 Å². The minimum absolute atomic E-state index is 0.0995. The van der Waals surface area contributed by atoms with E-state index in [1.54, 1.807) is 17.7 Å². The Hall–Kier alpha value is -3.33. The Morgan fingerprint density at radius 2 is 1.94 bits per heavy atom. The Morgan fingerprint density at radius 1 is 1.18 bits per heavy atom. The first-order chi connectivity index (χ1) is 16.2. The summed E-state index contributed by atoms with van der Waals surface area (Å²) >= 11 is 0. The Labute approximate surface area is 194 Å². The number of rotatable bonds is 9. The van der Waals surface area contributed by atoms with Crippen molar-refractivity contribution >= 4 is 27.8 Å². The van der Waals surface area contributed by atoms with E-state index in [9.17, 15) is 18.7 Å². The largest absolute Gasteiger partial charge is 0.481 e. The number of hydrogen-bond donors (Lipinski definition) is 2. The van der Waals surface area contributed by atoms with Crippen molar-refractivity contribution in [3.05, 3.63) is 59.2 Å². The molecule has 0 unspecified atom stereocenters. The number of aromatic amines is 1. The van der Waals surface area contributed by atoms with Gasteiger partial charge in [-0.15, -0.1) is 0 Å². The lowest BCUT2D eigenvalue weighted by Gasteiger charge is -2.21. The van der Waals surface area contributed by atoms with Gasteiger partial charge < -0.3 is 14.4 Å². The molecule has 0 radical (unpaired) electrons. The van der Waals surface area contributed by atoms with Crippen molar-refractivity contribution in [2.75, 3.05) is 13.7 Å². The zero-order valence-corrected chi connectivity index (χ0v) is 19.2. The molecule has 180 valence electrons.